The summed E-state index contributed by atoms with van der Waals surface area (Å²) >= 11 is 0. The lowest BCUT2D eigenvalue weighted by Crippen LogP contribution is -2.25. The molecule has 1 saturated heterocycles. The van der Waals surface area contributed by atoms with Crippen LogP contribution in [0.2, 0.25) is 0 Å². The van der Waals surface area contributed by atoms with Gasteiger partial charge in [0, 0.05) is 37.9 Å². The molecule has 7 nitrogen and oxygen atoms in total. The molecule has 1 aliphatic rings. The van der Waals surface area contributed by atoms with E-state index in [9.17, 15) is 18.0 Å². The van der Waals surface area contributed by atoms with Crippen molar-refractivity contribution in [2.45, 2.75) is 37.1 Å². The first kappa shape index (κ1) is 21.8. The van der Waals surface area contributed by atoms with E-state index in [1.165, 1.54) is 12.1 Å². The van der Waals surface area contributed by atoms with Crippen molar-refractivity contribution in [1.82, 2.24) is 5.32 Å². The summed E-state index contributed by atoms with van der Waals surface area (Å²) in [6.45, 7) is 1.51. The fraction of sp³-hybridized carbons (Fsp3) is 0.364. The molecule has 0 radical (unpaired) electrons. The van der Waals surface area contributed by atoms with Crippen LogP contribution in [-0.2, 0) is 26.0 Å². The van der Waals surface area contributed by atoms with Crippen LogP contribution in [0.5, 0.6) is 5.75 Å². The molecule has 1 fully saturated rings. The maximum atomic E-state index is 12.1. The van der Waals surface area contributed by atoms with Gasteiger partial charge in [0.1, 0.15) is 5.75 Å². The van der Waals surface area contributed by atoms with E-state index in [4.69, 9.17) is 4.74 Å². The summed E-state index contributed by atoms with van der Waals surface area (Å²) in [6.07, 6.45) is 3.49. The second kappa shape index (κ2) is 9.75. The molecular weight excluding hydrogens is 404 g/mol. The number of sulfone groups is 1. The Hall–Kier alpha value is -2.87. The Kier molecular flexibility index (Phi) is 7.10. The van der Waals surface area contributed by atoms with Crippen molar-refractivity contribution in [1.29, 1.82) is 0 Å². The standard InChI is InChI=1S/C22H26N2O5S/c1-30(27,28)20-11-9-19(10-12-20)29-14-4-7-21(25)23-16-17-5-2-6-18(15-17)24-13-3-8-22(24)26/h2,5-6,9-12,15H,3-4,7-8,13-14,16H2,1H3,(H,23,25). The second-order valence-electron chi connectivity index (χ2n) is 7.29. The van der Waals surface area contributed by atoms with E-state index >= 15 is 0 Å². The molecule has 1 aliphatic heterocycles. The molecule has 2 amide bonds. The van der Waals surface area contributed by atoms with Crippen molar-refractivity contribution < 1.29 is 22.7 Å². The number of ether oxygens (including phenoxy) is 1. The van der Waals surface area contributed by atoms with Crippen LogP contribution in [0.15, 0.2) is 53.4 Å². The largest absolute Gasteiger partial charge is 0.494 e. The Labute approximate surface area is 177 Å². The third-order valence-corrected chi connectivity index (χ3v) is 5.98. The second-order valence-corrected chi connectivity index (χ2v) is 9.31. The molecule has 30 heavy (non-hydrogen) atoms. The molecule has 0 bridgehead atoms. The van der Waals surface area contributed by atoms with Crippen LogP contribution in [0.25, 0.3) is 0 Å². The minimum absolute atomic E-state index is 0.0753. The Morgan fingerprint density at radius 1 is 1.17 bits per heavy atom. The van der Waals surface area contributed by atoms with Crippen molar-refractivity contribution in [2.75, 3.05) is 24.3 Å². The van der Waals surface area contributed by atoms with Crippen LogP contribution in [0.4, 0.5) is 5.69 Å². The van der Waals surface area contributed by atoms with Gasteiger partial charge in [-0.25, -0.2) is 8.42 Å². The summed E-state index contributed by atoms with van der Waals surface area (Å²) in [7, 11) is -3.22. The van der Waals surface area contributed by atoms with Crippen LogP contribution in [0.3, 0.4) is 0 Å². The van der Waals surface area contributed by atoms with Crippen LogP contribution in [-0.4, -0.2) is 39.6 Å². The Bertz CT molecular complexity index is 1000. The zero-order valence-electron chi connectivity index (χ0n) is 17.0. The van der Waals surface area contributed by atoms with Gasteiger partial charge in [0.25, 0.3) is 0 Å². The number of carbonyl (C=O) groups excluding carboxylic acids is 2. The lowest BCUT2D eigenvalue weighted by atomic mass is 10.2. The van der Waals surface area contributed by atoms with E-state index in [-0.39, 0.29) is 16.7 Å². The maximum absolute atomic E-state index is 12.1. The Balaban J connectivity index is 1.39. The molecule has 0 spiro atoms. The molecule has 3 rings (SSSR count). The van der Waals surface area contributed by atoms with Crippen molar-refractivity contribution in [3.63, 3.8) is 0 Å². The van der Waals surface area contributed by atoms with Gasteiger partial charge >= 0.3 is 0 Å². The monoisotopic (exact) mass is 430 g/mol. The highest BCUT2D eigenvalue weighted by molar-refractivity contribution is 7.90. The normalized spacial score (nSPS) is 14.0. The van der Waals surface area contributed by atoms with Crippen molar-refractivity contribution in [3.05, 3.63) is 54.1 Å². The van der Waals surface area contributed by atoms with Crippen LogP contribution < -0.4 is 15.0 Å². The first-order valence-electron chi connectivity index (χ1n) is 9.92. The van der Waals surface area contributed by atoms with Gasteiger partial charge in [0.05, 0.1) is 11.5 Å². The predicted octanol–water partition coefficient (Wildman–Crippen LogP) is 2.69. The maximum Gasteiger partial charge on any atom is 0.227 e. The van der Waals surface area contributed by atoms with E-state index in [2.05, 4.69) is 5.32 Å². The fourth-order valence-electron chi connectivity index (χ4n) is 3.25. The third-order valence-electron chi connectivity index (χ3n) is 4.85. The zero-order chi connectivity index (χ0) is 21.6. The predicted molar refractivity (Wildman–Crippen MR) is 114 cm³/mol. The number of benzene rings is 2. The molecule has 0 saturated carbocycles. The molecular formula is C22H26N2O5S. The smallest absolute Gasteiger partial charge is 0.227 e. The molecule has 0 aliphatic carbocycles. The molecule has 1 heterocycles. The number of nitrogens with zero attached hydrogens (tertiary/aromatic N) is 1. The van der Waals surface area contributed by atoms with Crippen molar-refractivity contribution >= 4 is 27.3 Å². The van der Waals surface area contributed by atoms with Crippen LogP contribution in [0.1, 0.15) is 31.2 Å². The number of nitrogens with one attached hydrogen (secondary N) is 1. The number of amides is 2. The van der Waals surface area contributed by atoms with Gasteiger partial charge in [-0.3, -0.25) is 9.59 Å². The van der Waals surface area contributed by atoms with Gasteiger partial charge in [0.2, 0.25) is 11.8 Å². The summed E-state index contributed by atoms with van der Waals surface area (Å²) in [5, 5.41) is 2.89. The van der Waals surface area contributed by atoms with Crippen LogP contribution in [0, 0.1) is 0 Å². The molecule has 8 heteroatoms. The molecule has 0 unspecified atom stereocenters. The number of anilines is 1. The van der Waals surface area contributed by atoms with Crippen molar-refractivity contribution in [2.24, 2.45) is 0 Å². The number of hydrogen-bond donors (Lipinski definition) is 1. The number of hydrogen-bond acceptors (Lipinski definition) is 5. The van der Waals surface area contributed by atoms with E-state index in [0.29, 0.717) is 38.2 Å². The van der Waals surface area contributed by atoms with E-state index < -0.39 is 9.84 Å². The van der Waals surface area contributed by atoms with E-state index in [0.717, 1.165) is 30.5 Å². The Morgan fingerprint density at radius 2 is 1.93 bits per heavy atom. The topological polar surface area (TPSA) is 92.8 Å². The summed E-state index contributed by atoms with van der Waals surface area (Å²) in [5.74, 6) is 0.631. The molecule has 0 aromatic heterocycles. The quantitative estimate of drug-likeness (QED) is 0.618. The highest BCUT2D eigenvalue weighted by atomic mass is 32.2. The van der Waals surface area contributed by atoms with Gasteiger partial charge < -0.3 is 15.0 Å². The molecule has 2 aromatic rings. The van der Waals surface area contributed by atoms with Gasteiger partial charge in [-0.15, -0.1) is 0 Å². The lowest BCUT2D eigenvalue weighted by Gasteiger charge is -2.16. The third kappa shape index (κ3) is 6.06. The average Bonchev–Trinajstić information content (AvgIpc) is 3.15. The molecule has 160 valence electrons. The highest BCUT2D eigenvalue weighted by Crippen LogP contribution is 2.22. The molecule has 2 aromatic carbocycles. The first-order chi connectivity index (χ1) is 14.3. The first-order valence-corrected chi connectivity index (χ1v) is 11.8. The number of carbonyl (C=O) groups is 2. The van der Waals surface area contributed by atoms with Crippen LogP contribution >= 0.6 is 0 Å². The highest BCUT2D eigenvalue weighted by Gasteiger charge is 2.21. The van der Waals surface area contributed by atoms with Gasteiger partial charge in [-0.1, -0.05) is 12.1 Å². The van der Waals surface area contributed by atoms with Gasteiger partial charge in [-0.05, 0) is 54.8 Å². The molecule has 0 atom stereocenters. The number of rotatable bonds is 9. The van der Waals surface area contributed by atoms with Gasteiger partial charge in [-0.2, -0.15) is 0 Å². The van der Waals surface area contributed by atoms with E-state index in [1.54, 1.807) is 17.0 Å². The molecule has 1 N–H and O–H groups in total. The average molecular weight is 431 g/mol. The zero-order valence-corrected chi connectivity index (χ0v) is 17.8. The Morgan fingerprint density at radius 3 is 2.60 bits per heavy atom. The summed E-state index contributed by atoms with van der Waals surface area (Å²) in [4.78, 5) is 26.0. The SMILES string of the molecule is CS(=O)(=O)c1ccc(OCCCC(=O)NCc2cccc(N3CCCC3=O)c2)cc1. The fourth-order valence-corrected chi connectivity index (χ4v) is 3.88. The van der Waals surface area contributed by atoms with Crippen molar-refractivity contribution in [3.8, 4) is 5.75 Å². The lowest BCUT2D eigenvalue weighted by molar-refractivity contribution is -0.121. The minimum Gasteiger partial charge on any atom is -0.494 e. The summed E-state index contributed by atoms with van der Waals surface area (Å²) in [6, 6.07) is 13.9. The summed E-state index contributed by atoms with van der Waals surface area (Å²) < 4.78 is 28.4. The van der Waals surface area contributed by atoms with Gasteiger partial charge in [0.15, 0.2) is 9.84 Å². The van der Waals surface area contributed by atoms with E-state index in [1.807, 2.05) is 24.3 Å². The summed E-state index contributed by atoms with van der Waals surface area (Å²) in [5.41, 5.74) is 1.82. The minimum atomic E-state index is -3.22.